The molecular weight excluding hydrogens is 355 g/mol. The van der Waals surface area contributed by atoms with E-state index in [0.717, 1.165) is 28.2 Å². The predicted molar refractivity (Wildman–Crippen MR) is 97.3 cm³/mol. The van der Waals surface area contributed by atoms with Crippen molar-refractivity contribution in [3.8, 4) is 11.5 Å². The lowest BCUT2D eigenvalue weighted by atomic mass is 10.2. The molecule has 0 aliphatic rings. The summed E-state index contributed by atoms with van der Waals surface area (Å²) in [6.07, 6.45) is 1.80. The number of para-hydroxylation sites is 2. The number of H-pyrrole nitrogens is 1. The SMILES string of the molecule is O=C(CSc1nnc(-c2c[nH]c3ccccc23)o1)Nc1ccccc1F. The van der Waals surface area contributed by atoms with E-state index in [1.165, 1.54) is 12.1 Å². The number of carbonyl (C=O) groups excluding carboxylic acids is 1. The number of amides is 1. The number of carbonyl (C=O) groups is 1. The first kappa shape index (κ1) is 16.3. The molecule has 0 radical (unpaired) electrons. The maximum Gasteiger partial charge on any atom is 0.277 e. The van der Waals surface area contributed by atoms with Crippen molar-refractivity contribution in [2.24, 2.45) is 0 Å². The first-order chi connectivity index (χ1) is 12.7. The highest BCUT2D eigenvalue weighted by molar-refractivity contribution is 7.99. The number of benzene rings is 2. The van der Waals surface area contributed by atoms with Gasteiger partial charge >= 0.3 is 0 Å². The fraction of sp³-hybridized carbons (Fsp3) is 0.0556. The molecule has 0 aliphatic heterocycles. The molecule has 130 valence electrons. The number of aromatic amines is 1. The van der Waals surface area contributed by atoms with E-state index in [1.54, 1.807) is 18.3 Å². The average molecular weight is 368 g/mol. The molecule has 0 bridgehead atoms. The van der Waals surface area contributed by atoms with Gasteiger partial charge in [0.1, 0.15) is 5.82 Å². The van der Waals surface area contributed by atoms with Crippen LogP contribution in [0.4, 0.5) is 10.1 Å². The van der Waals surface area contributed by atoms with Gasteiger partial charge in [-0.25, -0.2) is 4.39 Å². The standard InChI is InChI=1S/C18H13FN4O2S/c19-13-6-2-4-8-15(13)21-16(24)10-26-18-23-22-17(25-18)12-9-20-14-7-3-1-5-11(12)14/h1-9,20H,10H2,(H,21,24). The highest BCUT2D eigenvalue weighted by Crippen LogP contribution is 2.29. The van der Waals surface area contributed by atoms with Crippen LogP contribution in [-0.2, 0) is 4.79 Å². The number of hydrogen-bond acceptors (Lipinski definition) is 5. The van der Waals surface area contributed by atoms with E-state index in [9.17, 15) is 9.18 Å². The van der Waals surface area contributed by atoms with Gasteiger partial charge in [0, 0.05) is 17.1 Å². The van der Waals surface area contributed by atoms with Gasteiger partial charge in [-0.05, 0) is 18.2 Å². The summed E-state index contributed by atoms with van der Waals surface area (Å²) in [6.45, 7) is 0. The largest absolute Gasteiger partial charge is 0.411 e. The van der Waals surface area contributed by atoms with Crippen molar-refractivity contribution in [2.75, 3.05) is 11.1 Å². The summed E-state index contributed by atoms with van der Waals surface area (Å²) >= 11 is 1.09. The Kier molecular flexibility index (Phi) is 4.40. The molecule has 2 N–H and O–H groups in total. The van der Waals surface area contributed by atoms with Gasteiger partial charge in [-0.3, -0.25) is 4.79 Å². The molecule has 2 heterocycles. The molecule has 0 atom stereocenters. The number of hydrogen-bond donors (Lipinski definition) is 2. The van der Waals surface area contributed by atoms with E-state index in [1.807, 2.05) is 24.3 Å². The first-order valence-corrected chi connectivity index (χ1v) is 8.76. The molecule has 2 aromatic carbocycles. The van der Waals surface area contributed by atoms with E-state index < -0.39 is 5.82 Å². The molecule has 4 rings (SSSR count). The fourth-order valence-electron chi connectivity index (χ4n) is 2.50. The number of fused-ring (bicyclic) bond motifs is 1. The first-order valence-electron chi connectivity index (χ1n) is 7.78. The zero-order valence-electron chi connectivity index (χ0n) is 13.4. The third kappa shape index (κ3) is 3.31. The van der Waals surface area contributed by atoms with Crippen LogP contribution in [0.1, 0.15) is 0 Å². The van der Waals surface area contributed by atoms with Crippen LogP contribution in [0.25, 0.3) is 22.4 Å². The number of nitrogens with zero attached hydrogens (tertiary/aromatic N) is 2. The van der Waals surface area contributed by atoms with Crippen LogP contribution in [0.3, 0.4) is 0 Å². The predicted octanol–water partition coefficient (Wildman–Crippen LogP) is 4.09. The summed E-state index contributed by atoms with van der Waals surface area (Å²) in [5, 5.41) is 11.7. The van der Waals surface area contributed by atoms with Crippen LogP contribution < -0.4 is 5.32 Å². The van der Waals surface area contributed by atoms with Crippen molar-refractivity contribution < 1.29 is 13.6 Å². The maximum absolute atomic E-state index is 13.5. The van der Waals surface area contributed by atoms with Crippen molar-refractivity contribution in [3.05, 3.63) is 60.5 Å². The minimum absolute atomic E-state index is 0.0316. The minimum Gasteiger partial charge on any atom is -0.411 e. The Morgan fingerprint density at radius 1 is 1.15 bits per heavy atom. The summed E-state index contributed by atoms with van der Waals surface area (Å²) < 4.78 is 19.2. The van der Waals surface area contributed by atoms with Crippen molar-refractivity contribution in [2.45, 2.75) is 5.22 Å². The minimum atomic E-state index is -0.481. The molecule has 4 aromatic rings. The smallest absolute Gasteiger partial charge is 0.277 e. The van der Waals surface area contributed by atoms with E-state index >= 15 is 0 Å². The zero-order valence-corrected chi connectivity index (χ0v) is 14.2. The van der Waals surface area contributed by atoms with Crippen LogP contribution in [0.15, 0.2) is 64.4 Å². The van der Waals surface area contributed by atoms with Crippen LogP contribution in [0.5, 0.6) is 0 Å². The third-order valence-electron chi connectivity index (χ3n) is 3.70. The van der Waals surface area contributed by atoms with E-state index in [2.05, 4.69) is 20.5 Å². The van der Waals surface area contributed by atoms with Gasteiger partial charge in [-0.2, -0.15) is 0 Å². The van der Waals surface area contributed by atoms with E-state index in [4.69, 9.17) is 4.42 Å². The van der Waals surface area contributed by atoms with Gasteiger partial charge in [-0.15, -0.1) is 10.2 Å². The molecule has 0 saturated carbocycles. The van der Waals surface area contributed by atoms with Crippen LogP contribution in [0.2, 0.25) is 0 Å². The maximum atomic E-state index is 13.5. The van der Waals surface area contributed by atoms with Gasteiger partial charge < -0.3 is 14.7 Å². The van der Waals surface area contributed by atoms with Gasteiger partial charge in [-0.1, -0.05) is 42.1 Å². The number of aromatic nitrogens is 3. The molecule has 26 heavy (non-hydrogen) atoms. The molecule has 0 saturated heterocycles. The van der Waals surface area contributed by atoms with Crippen molar-refractivity contribution in [1.82, 2.24) is 15.2 Å². The summed E-state index contributed by atoms with van der Waals surface area (Å²) in [4.78, 5) is 15.1. The molecule has 0 aliphatic carbocycles. The van der Waals surface area contributed by atoms with Crippen LogP contribution in [0, 0.1) is 5.82 Å². The van der Waals surface area contributed by atoms with Crippen LogP contribution in [-0.4, -0.2) is 26.8 Å². The quantitative estimate of drug-likeness (QED) is 0.519. The number of nitrogens with one attached hydrogen (secondary N) is 2. The van der Waals surface area contributed by atoms with Crippen molar-refractivity contribution in [1.29, 1.82) is 0 Å². The third-order valence-corrected chi connectivity index (χ3v) is 4.52. The Labute approximate surface area is 151 Å². The highest BCUT2D eigenvalue weighted by Gasteiger charge is 2.15. The number of rotatable bonds is 5. The summed E-state index contributed by atoms with van der Waals surface area (Å²) in [7, 11) is 0. The Morgan fingerprint density at radius 3 is 2.85 bits per heavy atom. The topological polar surface area (TPSA) is 83.8 Å². The molecule has 0 spiro atoms. The van der Waals surface area contributed by atoms with Crippen molar-refractivity contribution in [3.63, 3.8) is 0 Å². The van der Waals surface area contributed by atoms with E-state index in [-0.39, 0.29) is 22.6 Å². The monoisotopic (exact) mass is 368 g/mol. The number of halogens is 1. The molecule has 6 nitrogen and oxygen atoms in total. The zero-order chi connectivity index (χ0) is 17.9. The highest BCUT2D eigenvalue weighted by atomic mass is 32.2. The molecule has 0 unspecified atom stereocenters. The fourth-order valence-corrected chi connectivity index (χ4v) is 3.06. The molecule has 0 fully saturated rings. The van der Waals surface area contributed by atoms with Gasteiger partial charge in [0.05, 0.1) is 17.0 Å². The normalized spacial score (nSPS) is 11.0. The number of thioether (sulfide) groups is 1. The lowest BCUT2D eigenvalue weighted by molar-refractivity contribution is -0.113. The average Bonchev–Trinajstić information content (AvgIpc) is 3.28. The number of anilines is 1. The molecule has 8 heteroatoms. The Morgan fingerprint density at radius 2 is 1.96 bits per heavy atom. The van der Waals surface area contributed by atoms with Gasteiger partial charge in [0.2, 0.25) is 5.91 Å². The lowest BCUT2D eigenvalue weighted by Gasteiger charge is -2.04. The van der Waals surface area contributed by atoms with Gasteiger partial charge in [0.25, 0.3) is 11.1 Å². The lowest BCUT2D eigenvalue weighted by Crippen LogP contribution is -2.14. The van der Waals surface area contributed by atoms with Crippen molar-refractivity contribution >= 4 is 34.3 Å². The molecule has 2 aromatic heterocycles. The Hall–Kier alpha value is -3.13. The second-order valence-electron chi connectivity index (χ2n) is 5.44. The summed E-state index contributed by atoms with van der Waals surface area (Å²) in [5.41, 5.74) is 1.91. The summed E-state index contributed by atoms with van der Waals surface area (Å²) in [6, 6.07) is 13.8. The Bertz CT molecular complexity index is 1080. The Balaban J connectivity index is 1.42. The second kappa shape index (κ2) is 7.01. The van der Waals surface area contributed by atoms with E-state index in [0.29, 0.717) is 5.89 Å². The summed E-state index contributed by atoms with van der Waals surface area (Å²) in [5.74, 6) is -0.430. The van der Waals surface area contributed by atoms with Gasteiger partial charge in [0.15, 0.2) is 0 Å². The molecule has 1 amide bonds. The second-order valence-corrected chi connectivity index (χ2v) is 6.36. The molecular formula is C18H13FN4O2S. The van der Waals surface area contributed by atoms with Crippen LogP contribution >= 0.6 is 11.8 Å².